The first-order valence-corrected chi connectivity index (χ1v) is 25.2. The third-order valence-electron chi connectivity index (χ3n) is 10.3. The van der Waals surface area contributed by atoms with Crippen LogP contribution in [0.5, 0.6) is 0 Å². The van der Waals surface area contributed by atoms with Crippen molar-refractivity contribution >= 4 is 17.9 Å². The van der Waals surface area contributed by atoms with Crippen LogP contribution < -0.4 is 0 Å². The summed E-state index contributed by atoms with van der Waals surface area (Å²) >= 11 is 0. The number of carbonyl (C=O) groups excluding carboxylic acids is 3. The van der Waals surface area contributed by atoms with E-state index in [2.05, 4.69) is 118 Å². The fraction of sp³-hybridized carbons (Fsp3) is 0.661. The minimum absolute atomic E-state index is 0.104. The number of unbranched alkanes of at least 4 members (excludes halogenated alkanes) is 17. The third-order valence-corrected chi connectivity index (χ3v) is 10.3. The second kappa shape index (κ2) is 50.0. The monoisotopic (exact) mass is 861 g/mol. The van der Waals surface area contributed by atoms with E-state index in [0.29, 0.717) is 19.3 Å². The highest BCUT2D eigenvalue weighted by Gasteiger charge is 2.19. The maximum absolute atomic E-state index is 12.8. The molecule has 0 aromatic heterocycles. The van der Waals surface area contributed by atoms with Gasteiger partial charge in [0.15, 0.2) is 6.10 Å². The highest BCUT2D eigenvalue weighted by Crippen LogP contribution is 2.13. The van der Waals surface area contributed by atoms with Gasteiger partial charge in [-0.25, -0.2) is 0 Å². The molecule has 62 heavy (non-hydrogen) atoms. The van der Waals surface area contributed by atoms with Crippen LogP contribution in [0.2, 0.25) is 0 Å². The fourth-order valence-corrected chi connectivity index (χ4v) is 6.56. The predicted octanol–water partition coefficient (Wildman–Crippen LogP) is 16.6. The molecule has 0 rings (SSSR count). The van der Waals surface area contributed by atoms with Crippen molar-refractivity contribution in [2.45, 2.75) is 226 Å². The average molecular weight is 861 g/mol. The number of hydrogen-bond donors (Lipinski definition) is 0. The smallest absolute Gasteiger partial charge is 0.306 e. The Hall–Kier alpha value is -3.67. The first-order chi connectivity index (χ1) is 30.5. The molecule has 0 N–H and O–H groups in total. The zero-order valence-electron chi connectivity index (χ0n) is 40.1. The van der Waals surface area contributed by atoms with Gasteiger partial charge in [0.2, 0.25) is 0 Å². The predicted molar refractivity (Wildman–Crippen MR) is 265 cm³/mol. The molecule has 0 spiro atoms. The van der Waals surface area contributed by atoms with E-state index in [4.69, 9.17) is 14.2 Å². The number of esters is 3. The van der Waals surface area contributed by atoms with Gasteiger partial charge >= 0.3 is 17.9 Å². The molecule has 0 aromatic carbocycles. The van der Waals surface area contributed by atoms with E-state index in [9.17, 15) is 14.4 Å². The third kappa shape index (κ3) is 47.4. The van der Waals surface area contributed by atoms with Crippen LogP contribution in [-0.2, 0) is 28.6 Å². The van der Waals surface area contributed by atoms with Gasteiger partial charge in [0.25, 0.3) is 0 Å². The lowest BCUT2D eigenvalue weighted by atomic mass is 10.1. The average Bonchev–Trinajstić information content (AvgIpc) is 3.27. The molecule has 6 heteroatoms. The van der Waals surface area contributed by atoms with E-state index >= 15 is 0 Å². The second-order valence-electron chi connectivity index (χ2n) is 16.3. The van der Waals surface area contributed by atoms with E-state index in [1.807, 2.05) is 0 Å². The summed E-state index contributed by atoms with van der Waals surface area (Å²) in [5.41, 5.74) is 0. The summed E-state index contributed by atoms with van der Waals surface area (Å²) in [6, 6.07) is 0. The van der Waals surface area contributed by atoms with E-state index in [0.717, 1.165) is 135 Å². The van der Waals surface area contributed by atoms with Crippen molar-refractivity contribution in [3.8, 4) is 0 Å². The van der Waals surface area contributed by atoms with Gasteiger partial charge in [-0.1, -0.05) is 182 Å². The molecule has 0 amide bonds. The molecular formula is C56H92O6. The van der Waals surface area contributed by atoms with E-state index in [1.54, 1.807) is 0 Å². The van der Waals surface area contributed by atoms with Gasteiger partial charge in [-0.15, -0.1) is 0 Å². The Bertz CT molecular complexity index is 1260. The van der Waals surface area contributed by atoms with E-state index in [1.165, 1.54) is 44.9 Å². The largest absolute Gasteiger partial charge is 0.462 e. The summed E-state index contributed by atoms with van der Waals surface area (Å²) in [7, 11) is 0. The number of allylic oxidation sites excluding steroid dienone is 16. The van der Waals surface area contributed by atoms with Crippen LogP contribution in [0.4, 0.5) is 0 Å². The molecule has 0 radical (unpaired) electrons. The summed E-state index contributed by atoms with van der Waals surface area (Å²) in [4.78, 5) is 37.9. The summed E-state index contributed by atoms with van der Waals surface area (Å²) in [6.07, 6.45) is 65.3. The Morgan fingerprint density at radius 3 is 1.02 bits per heavy atom. The molecule has 0 bridgehead atoms. The lowest BCUT2D eigenvalue weighted by Crippen LogP contribution is -2.30. The van der Waals surface area contributed by atoms with Crippen LogP contribution in [0.15, 0.2) is 97.2 Å². The van der Waals surface area contributed by atoms with Crippen molar-refractivity contribution in [2.75, 3.05) is 13.2 Å². The van der Waals surface area contributed by atoms with Gasteiger partial charge in [-0.3, -0.25) is 14.4 Å². The molecule has 0 fully saturated rings. The summed E-state index contributed by atoms with van der Waals surface area (Å²) in [6.45, 7) is 6.33. The highest BCUT2D eigenvalue weighted by molar-refractivity contribution is 5.71. The van der Waals surface area contributed by atoms with Crippen molar-refractivity contribution < 1.29 is 28.6 Å². The Kier molecular flexibility index (Phi) is 47.0. The molecule has 0 aliphatic rings. The first kappa shape index (κ1) is 58.3. The number of rotatable bonds is 44. The number of ether oxygens (including phenoxy) is 3. The SMILES string of the molecule is CC/C=C\C/C=C\C/C=C\C/C=C\CCCCCCC(=O)OCC(COC(=O)CCCCC/C=C\C/C=C\C/C=C\CC)OC(=O)CCCCCCC/C=C\CCCCCCC. The molecule has 0 heterocycles. The van der Waals surface area contributed by atoms with Gasteiger partial charge in [0.05, 0.1) is 0 Å². The van der Waals surface area contributed by atoms with Crippen LogP contribution in [0.1, 0.15) is 220 Å². The van der Waals surface area contributed by atoms with Gasteiger partial charge < -0.3 is 14.2 Å². The fourth-order valence-electron chi connectivity index (χ4n) is 6.56. The van der Waals surface area contributed by atoms with Gasteiger partial charge in [0, 0.05) is 19.3 Å². The minimum Gasteiger partial charge on any atom is -0.462 e. The first-order valence-electron chi connectivity index (χ1n) is 25.2. The maximum atomic E-state index is 12.8. The zero-order chi connectivity index (χ0) is 45.1. The molecule has 0 aliphatic carbocycles. The van der Waals surface area contributed by atoms with Crippen LogP contribution in [0, 0.1) is 0 Å². The Labute approximate surface area is 381 Å². The van der Waals surface area contributed by atoms with Crippen LogP contribution in [0.25, 0.3) is 0 Å². The lowest BCUT2D eigenvalue weighted by Gasteiger charge is -2.18. The topological polar surface area (TPSA) is 78.9 Å². The van der Waals surface area contributed by atoms with Crippen LogP contribution >= 0.6 is 0 Å². The highest BCUT2D eigenvalue weighted by atomic mass is 16.6. The quantitative estimate of drug-likeness (QED) is 0.0263. The molecule has 0 aromatic rings. The van der Waals surface area contributed by atoms with Gasteiger partial charge in [-0.05, 0) is 116 Å². The number of carbonyl (C=O) groups is 3. The zero-order valence-corrected chi connectivity index (χ0v) is 40.1. The molecule has 6 nitrogen and oxygen atoms in total. The van der Waals surface area contributed by atoms with Crippen molar-refractivity contribution in [2.24, 2.45) is 0 Å². The summed E-state index contributed by atoms with van der Waals surface area (Å²) in [5, 5.41) is 0. The van der Waals surface area contributed by atoms with E-state index in [-0.39, 0.29) is 31.1 Å². The van der Waals surface area contributed by atoms with Gasteiger partial charge in [0.1, 0.15) is 13.2 Å². The van der Waals surface area contributed by atoms with E-state index < -0.39 is 6.10 Å². The minimum atomic E-state index is -0.804. The Morgan fingerprint density at radius 2 is 0.629 bits per heavy atom. The standard InChI is InChI=1S/C56H92O6/c1-4-7-10-13-16-19-22-25-27-28-29-32-34-37-40-43-46-49-55(58)61-52-53(51-60-54(57)48-45-42-39-36-33-30-24-21-18-15-12-9-6-3)62-56(59)50-47-44-41-38-35-31-26-23-20-17-14-11-8-5-2/h7,9-10,12,16,18-19,21,23,25-27,29-30,32-33,53H,4-6,8,11,13-15,17,20,22,24,28,31,34-52H2,1-3H3/b10-7-,12-9-,19-16-,21-18-,26-23-,27-25-,32-29-,33-30-. The molecule has 0 saturated carbocycles. The Balaban J connectivity index is 4.49. The van der Waals surface area contributed by atoms with Crippen molar-refractivity contribution in [3.05, 3.63) is 97.2 Å². The van der Waals surface area contributed by atoms with Crippen LogP contribution in [0.3, 0.4) is 0 Å². The normalized spacial score (nSPS) is 12.9. The lowest BCUT2D eigenvalue weighted by molar-refractivity contribution is -0.167. The van der Waals surface area contributed by atoms with Crippen molar-refractivity contribution in [1.82, 2.24) is 0 Å². The summed E-state index contributed by atoms with van der Waals surface area (Å²) in [5.74, 6) is -0.969. The molecule has 0 saturated heterocycles. The Morgan fingerprint density at radius 1 is 0.339 bits per heavy atom. The molecular weight excluding hydrogens is 769 g/mol. The molecule has 352 valence electrons. The van der Waals surface area contributed by atoms with Crippen molar-refractivity contribution in [1.29, 1.82) is 0 Å². The second-order valence-corrected chi connectivity index (χ2v) is 16.3. The summed E-state index contributed by atoms with van der Waals surface area (Å²) < 4.78 is 16.7. The molecule has 1 atom stereocenters. The molecule has 0 aliphatic heterocycles. The maximum Gasteiger partial charge on any atom is 0.306 e. The van der Waals surface area contributed by atoms with Crippen molar-refractivity contribution in [3.63, 3.8) is 0 Å². The van der Waals surface area contributed by atoms with Gasteiger partial charge in [-0.2, -0.15) is 0 Å². The molecule has 1 unspecified atom stereocenters. The van der Waals surface area contributed by atoms with Crippen LogP contribution in [-0.4, -0.2) is 37.2 Å². The number of hydrogen-bond acceptors (Lipinski definition) is 6.